The molecule has 8 aromatic heterocycles. The van der Waals surface area contributed by atoms with Gasteiger partial charge in [0.05, 0.1) is 65.1 Å². The average Bonchev–Trinajstić information content (AvgIpc) is 3.91. The van der Waals surface area contributed by atoms with Crippen molar-refractivity contribution in [3.05, 3.63) is 175 Å². The van der Waals surface area contributed by atoms with E-state index >= 15 is 0 Å². The third kappa shape index (κ3) is 12.1. The van der Waals surface area contributed by atoms with Crippen molar-refractivity contribution >= 4 is 22.7 Å². The molecule has 0 amide bonds. The zero-order valence-electron chi connectivity index (χ0n) is 39.5. The first kappa shape index (κ1) is 47.5. The van der Waals surface area contributed by atoms with Gasteiger partial charge in [0.25, 0.3) is 0 Å². The summed E-state index contributed by atoms with van der Waals surface area (Å²) in [5.41, 5.74) is 13.5. The largest absolute Gasteiger partial charge is 0.255 e. The van der Waals surface area contributed by atoms with Gasteiger partial charge in [-0.25, -0.2) is 9.97 Å². The van der Waals surface area contributed by atoms with E-state index in [2.05, 4.69) is 83.2 Å². The van der Waals surface area contributed by atoms with Crippen molar-refractivity contribution in [2.24, 2.45) is 0 Å². The third-order valence-electron chi connectivity index (χ3n) is 11.6. The van der Waals surface area contributed by atoms with E-state index in [1.54, 1.807) is 47.5 Å². The number of aromatic nitrogens is 6. The summed E-state index contributed by atoms with van der Waals surface area (Å²) in [6.45, 7) is 9.06. The van der Waals surface area contributed by atoms with Crippen LogP contribution in [0.25, 0.3) is 45.6 Å². The second-order valence-electron chi connectivity index (χ2n) is 16.7. The molecule has 338 valence electrons. The van der Waals surface area contributed by atoms with E-state index in [-0.39, 0.29) is 0 Å². The van der Waals surface area contributed by atoms with E-state index < -0.39 is 0 Å². The maximum absolute atomic E-state index is 4.98. The Labute approximate surface area is 410 Å². The van der Waals surface area contributed by atoms with E-state index in [0.717, 1.165) is 153 Å². The van der Waals surface area contributed by atoms with Crippen LogP contribution >= 0.6 is 22.7 Å². The monoisotopic (exact) mass is 924 g/mol. The Hall–Kier alpha value is -7.02. The van der Waals surface area contributed by atoms with E-state index in [9.17, 15) is 0 Å². The van der Waals surface area contributed by atoms with Crippen LogP contribution in [0.1, 0.15) is 132 Å². The molecule has 0 N–H and O–H groups in total. The Morgan fingerprint density at radius 1 is 0.338 bits per heavy atom. The van der Waals surface area contributed by atoms with E-state index in [1.165, 1.54) is 22.3 Å². The van der Waals surface area contributed by atoms with Gasteiger partial charge in [0.1, 0.15) is 0 Å². The average molecular weight is 925 g/mol. The highest BCUT2D eigenvalue weighted by Gasteiger charge is 2.19. The number of rotatable bonds is 16. The number of thiophene rings is 2. The lowest BCUT2D eigenvalue weighted by Crippen LogP contribution is -1.96. The van der Waals surface area contributed by atoms with Gasteiger partial charge in [-0.05, 0) is 158 Å². The minimum Gasteiger partial charge on any atom is -0.255 e. The molecule has 0 aliphatic rings. The molecule has 8 rings (SSSR count). The van der Waals surface area contributed by atoms with Gasteiger partial charge >= 0.3 is 0 Å². The minimum absolute atomic E-state index is 0.770. The van der Waals surface area contributed by atoms with Crippen molar-refractivity contribution in [2.45, 2.75) is 105 Å². The Morgan fingerprint density at radius 2 is 0.603 bits per heavy atom. The lowest BCUT2D eigenvalue weighted by molar-refractivity contribution is 0.760. The molecular formula is C60H56N6S2. The van der Waals surface area contributed by atoms with Gasteiger partial charge in [0.2, 0.25) is 0 Å². The molecular weight excluding hydrogens is 869 g/mol. The fraction of sp³-hybridized carbons (Fsp3) is 0.267. The van der Waals surface area contributed by atoms with Crippen molar-refractivity contribution in [1.82, 2.24) is 29.9 Å². The van der Waals surface area contributed by atoms with Crippen LogP contribution in [0.4, 0.5) is 0 Å². The zero-order chi connectivity index (χ0) is 46.9. The summed E-state index contributed by atoms with van der Waals surface area (Å²) in [6, 6.07) is 31.7. The van der Waals surface area contributed by atoms with Gasteiger partial charge in [-0.1, -0.05) is 101 Å². The number of hydrogen-bond donors (Lipinski definition) is 0. The van der Waals surface area contributed by atoms with Crippen LogP contribution in [0.5, 0.6) is 0 Å². The van der Waals surface area contributed by atoms with Crippen molar-refractivity contribution < 1.29 is 0 Å². The van der Waals surface area contributed by atoms with Gasteiger partial charge in [-0.15, -0.1) is 22.7 Å². The standard InChI is InChI=1S/C60H56N6S2/c1-5-9-21-45-47(23-11-7-3)59(67-57(45)31-29-43-39-53(49-25-13-17-35-61-49)65-54(40-43)50-26-14-18-36-62-50)33-34-60-48(24-12-8-4)46(22-10-6-2)58(68-60)32-30-44-41-55(51-27-15-19-37-63-51)66-56(42-44)52-28-16-20-38-64-52/h13-20,25-28,35-42H,5-12,21-24H2,1-4H3. The molecule has 0 aliphatic carbocycles. The lowest BCUT2D eigenvalue weighted by atomic mass is 9.97. The number of hydrogen-bond acceptors (Lipinski definition) is 8. The van der Waals surface area contributed by atoms with Crippen molar-refractivity contribution in [3.8, 4) is 81.1 Å². The van der Waals surface area contributed by atoms with Gasteiger partial charge < -0.3 is 0 Å². The van der Waals surface area contributed by atoms with Crippen LogP contribution in [0.2, 0.25) is 0 Å². The highest BCUT2D eigenvalue weighted by atomic mass is 32.1. The second kappa shape index (κ2) is 24.1. The first-order valence-corrected chi connectivity index (χ1v) is 25.7. The van der Waals surface area contributed by atoms with Crippen LogP contribution < -0.4 is 0 Å². The Bertz CT molecular complexity index is 2800. The molecule has 6 nitrogen and oxygen atoms in total. The van der Waals surface area contributed by atoms with Gasteiger partial charge in [0.15, 0.2) is 0 Å². The predicted octanol–water partition coefficient (Wildman–Crippen LogP) is 14.4. The Kier molecular flexibility index (Phi) is 16.8. The van der Waals surface area contributed by atoms with Gasteiger partial charge in [-0.3, -0.25) is 19.9 Å². The number of nitrogens with zero attached hydrogens (tertiary/aromatic N) is 6. The van der Waals surface area contributed by atoms with Crippen molar-refractivity contribution in [1.29, 1.82) is 0 Å². The van der Waals surface area contributed by atoms with Gasteiger partial charge in [0, 0.05) is 35.9 Å². The van der Waals surface area contributed by atoms with Crippen LogP contribution in [0, 0.1) is 35.5 Å². The molecule has 0 atom stereocenters. The second-order valence-corrected chi connectivity index (χ2v) is 18.8. The summed E-state index contributed by atoms with van der Waals surface area (Å²) in [7, 11) is 0. The molecule has 0 saturated heterocycles. The van der Waals surface area contributed by atoms with E-state index in [1.807, 2.05) is 97.1 Å². The smallest absolute Gasteiger partial charge is 0.0906 e. The number of unbranched alkanes of at least 4 members (excludes halogenated alkanes) is 4. The van der Waals surface area contributed by atoms with E-state index in [0.29, 0.717) is 0 Å². The van der Waals surface area contributed by atoms with E-state index in [4.69, 9.17) is 9.97 Å². The Morgan fingerprint density at radius 3 is 0.838 bits per heavy atom. The normalized spacial score (nSPS) is 10.7. The summed E-state index contributed by atoms with van der Waals surface area (Å²) in [4.78, 5) is 32.9. The van der Waals surface area contributed by atoms with Crippen LogP contribution in [-0.2, 0) is 25.7 Å². The molecule has 8 aromatic rings. The molecule has 0 saturated carbocycles. The molecule has 0 aromatic carbocycles. The third-order valence-corrected chi connectivity index (χ3v) is 13.9. The maximum Gasteiger partial charge on any atom is 0.0906 e. The maximum atomic E-state index is 4.98. The first-order chi connectivity index (χ1) is 33.5. The molecule has 0 bridgehead atoms. The molecule has 68 heavy (non-hydrogen) atoms. The lowest BCUT2D eigenvalue weighted by Gasteiger charge is -2.06. The fourth-order valence-corrected chi connectivity index (χ4v) is 10.2. The van der Waals surface area contributed by atoms with Gasteiger partial charge in [-0.2, -0.15) is 0 Å². The molecule has 0 radical (unpaired) electrons. The molecule has 8 heterocycles. The highest BCUT2D eigenvalue weighted by Crippen LogP contribution is 2.34. The van der Waals surface area contributed by atoms with Crippen LogP contribution in [0.3, 0.4) is 0 Å². The molecule has 0 aliphatic heterocycles. The van der Waals surface area contributed by atoms with Crippen molar-refractivity contribution in [2.75, 3.05) is 0 Å². The predicted molar refractivity (Wildman–Crippen MR) is 282 cm³/mol. The summed E-state index contributed by atoms with van der Waals surface area (Å²) in [5.74, 6) is 22.1. The van der Waals surface area contributed by atoms with Crippen LogP contribution in [-0.4, -0.2) is 29.9 Å². The number of pyridine rings is 6. The quantitative estimate of drug-likeness (QED) is 0.0899. The molecule has 8 heteroatoms. The highest BCUT2D eigenvalue weighted by molar-refractivity contribution is 7.14. The Balaban J connectivity index is 1.22. The van der Waals surface area contributed by atoms with Crippen molar-refractivity contribution in [3.63, 3.8) is 0 Å². The summed E-state index contributed by atoms with van der Waals surface area (Å²) in [5, 5.41) is 0. The molecule has 0 unspecified atom stereocenters. The van der Waals surface area contributed by atoms with Crippen LogP contribution in [0.15, 0.2) is 122 Å². The topological polar surface area (TPSA) is 77.3 Å². The summed E-state index contributed by atoms with van der Waals surface area (Å²) < 4.78 is 0. The minimum atomic E-state index is 0.770. The first-order valence-electron chi connectivity index (χ1n) is 24.1. The SMILES string of the molecule is CCCCc1c(C#Cc2cc(-c3ccccn3)nc(-c3ccccn3)c2)sc(C#Cc2sc(C#Cc3cc(-c4ccccn4)nc(-c4ccccn4)c3)c(CCCC)c2CCCC)c1CCCC. The zero-order valence-corrected chi connectivity index (χ0v) is 41.2. The fourth-order valence-electron chi connectivity index (χ4n) is 8.03. The molecule has 0 fully saturated rings. The molecule has 0 spiro atoms. The summed E-state index contributed by atoms with van der Waals surface area (Å²) in [6.07, 6.45) is 20.0. The summed E-state index contributed by atoms with van der Waals surface area (Å²) >= 11 is 3.51.